The van der Waals surface area contributed by atoms with Crippen LogP contribution in [0.25, 0.3) is 0 Å². The molecular weight excluding hydrogens is 604 g/mol. The Morgan fingerprint density at radius 2 is 1.43 bits per heavy atom. The minimum absolute atomic E-state index is 0.114. The van der Waals surface area contributed by atoms with Gasteiger partial charge >= 0.3 is 0 Å². The van der Waals surface area contributed by atoms with Crippen molar-refractivity contribution in [3.63, 3.8) is 0 Å². The fraction of sp³-hybridized carbons (Fsp3) is 0.909. The van der Waals surface area contributed by atoms with Crippen LogP contribution in [-0.4, -0.2) is 133 Å². The molecule has 13 heteroatoms. The van der Waals surface area contributed by atoms with Gasteiger partial charge in [-0.1, -0.05) is 39.8 Å². The second-order valence-electron chi connectivity index (χ2n) is 15.7. The molecule has 0 bridgehead atoms. The first-order valence-corrected chi connectivity index (χ1v) is 16.7. The molecule has 6 rings (SSSR count). The number of ketones is 1. The van der Waals surface area contributed by atoms with Crippen LogP contribution in [0.4, 0.5) is 0 Å². The fourth-order valence-electron chi connectivity index (χ4n) is 10.7. The molecule has 2 saturated heterocycles. The van der Waals surface area contributed by atoms with Crippen LogP contribution >= 0.6 is 0 Å². The second-order valence-corrected chi connectivity index (χ2v) is 15.7. The maximum atomic E-state index is 14.2. The van der Waals surface area contributed by atoms with Crippen LogP contribution in [0.3, 0.4) is 0 Å². The number of carbonyl (C=O) groups excluding carboxylic acids is 1. The van der Waals surface area contributed by atoms with Gasteiger partial charge in [-0.15, -0.1) is 0 Å². The van der Waals surface area contributed by atoms with Gasteiger partial charge in [0.15, 0.2) is 18.4 Å². The molecule has 2 aliphatic heterocycles. The highest BCUT2D eigenvalue weighted by molar-refractivity contribution is 5.86. The van der Waals surface area contributed by atoms with Crippen molar-refractivity contribution in [3.8, 4) is 0 Å². The molecule has 13 nitrogen and oxygen atoms in total. The average molecular weight is 657 g/mol. The normalized spacial score (nSPS) is 55.0. The molecule has 0 spiro atoms. The third kappa shape index (κ3) is 5.16. The van der Waals surface area contributed by atoms with Crippen LogP contribution in [-0.2, 0) is 23.7 Å². The molecule has 0 amide bonds. The lowest BCUT2D eigenvalue weighted by Gasteiger charge is -2.68. The van der Waals surface area contributed by atoms with Crippen LogP contribution in [0.5, 0.6) is 0 Å². The van der Waals surface area contributed by atoms with Crippen LogP contribution in [0.1, 0.15) is 59.8 Å². The van der Waals surface area contributed by atoms with E-state index in [4.69, 9.17) is 18.9 Å². The average Bonchev–Trinajstić information content (AvgIpc) is 3.50. The molecule has 4 aliphatic carbocycles. The Balaban J connectivity index is 1.27. The lowest BCUT2D eigenvalue weighted by atomic mass is 9.37. The molecule has 0 aromatic rings. The summed E-state index contributed by atoms with van der Waals surface area (Å²) in [5.41, 5.74) is -1.58. The summed E-state index contributed by atoms with van der Waals surface area (Å²) in [4.78, 5) is 14.2. The van der Waals surface area contributed by atoms with Crippen molar-refractivity contribution in [1.82, 2.24) is 0 Å². The maximum Gasteiger partial charge on any atom is 0.187 e. The summed E-state index contributed by atoms with van der Waals surface area (Å²) in [5, 5.41) is 84.3. The highest BCUT2D eigenvalue weighted by Crippen LogP contribution is 2.70. The molecule has 3 saturated carbocycles. The number of carbonyl (C=O) groups is 1. The van der Waals surface area contributed by atoms with E-state index in [9.17, 15) is 45.6 Å². The molecule has 262 valence electrons. The predicted molar refractivity (Wildman–Crippen MR) is 158 cm³/mol. The van der Waals surface area contributed by atoms with Gasteiger partial charge < -0.3 is 59.8 Å². The van der Waals surface area contributed by atoms with Crippen LogP contribution < -0.4 is 0 Å². The lowest BCUT2D eigenvalue weighted by Crippen LogP contribution is -2.69. The third-order valence-electron chi connectivity index (χ3n) is 13.1. The molecule has 0 radical (unpaired) electrons. The van der Waals surface area contributed by atoms with Crippen LogP contribution in [0, 0.1) is 39.9 Å². The SMILES string of the molecule is CC1(C)C2C[C@H](O)[C@@]3(C)[C@@H]4CC=C[C@H]4CC[C@@H]3[C@@]2(C)CC(=O)[C@@H]1O[C@@H]1O[C@H](CO)[C@@H](O)[C@H](O)[C@H]1O[C@@H]1O[C@H](CO)[C@@H](O)[C@H](O)[C@H]1O. The van der Waals surface area contributed by atoms with Crippen LogP contribution in [0.15, 0.2) is 12.2 Å². The maximum absolute atomic E-state index is 14.2. The van der Waals surface area contributed by atoms with E-state index in [1.54, 1.807) is 0 Å². The first-order chi connectivity index (χ1) is 21.6. The molecule has 0 aromatic heterocycles. The van der Waals surface area contributed by atoms with Gasteiger partial charge in [0.25, 0.3) is 0 Å². The zero-order valence-corrected chi connectivity index (χ0v) is 27.0. The van der Waals surface area contributed by atoms with E-state index < -0.39 is 97.7 Å². The summed E-state index contributed by atoms with van der Waals surface area (Å²) in [6.07, 6.45) is -9.65. The molecule has 5 fully saturated rings. The molecule has 2 heterocycles. The standard InChI is InChI=1S/C33H52O13/c1-31(2)20-10-21(37)33(4)15-7-5-6-14(15)8-9-19(33)32(20,3)11-16(36)28(31)46-30-27(25(41)23(39)18(13-35)44-30)45-29-26(42)24(40)22(38)17(12-34)43-29/h5-6,14-15,17-30,34-35,37-42H,7-13H2,1-4H3/t14-,15+,17+,18+,19+,20?,21-,22+,23+,24-,25-,26+,27+,28-,29-,30-,32+,33-/m0/s1. The van der Waals surface area contributed by atoms with Gasteiger partial charge in [0.2, 0.25) is 0 Å². The number of allylic oxidation sites excluding steroid dienone is 2. The Hall–Kier alpha value is -1.07. The number of ether oxygens (including phenoxy) is 4. The Morgan fingerprint density at radius 3 is 2.09 bits per heavy atom. The minimum atomic E-state index is -1.81. The zero-order chi connectivity index (χ0) is 33.5. The van der Waals surface area contributed by atoms with Crippen molar-refractivity contribution in [2.45, 2.75) is 133 Å². The van der Waals surface area contributed by atoms with Crippen molar-refractivity contribution in [3.05, 3.63) is 12.2 Å². The van der Waals surface area contributed by atoms with Crippen molar-refractivity contribution in [2.75, 3.05) is 13.2 Å². The van der Waals surface area contributed by atoms with Crippen molar-refractivity contribution in [1.29, 1.82) is 0 Å². The first kappa shape index (κ1) is 34.8. The van der Waals surface area contributed by atoms with E-state index in [2.05, 4.69) is 26.0 Å². The summed E-state index contributed by atoms with van der Waals surface area (Å²) < 4.78 is 23.6. The Bertz CT molecular complexity index is 1160. The van der Waals surface area contributed by atoms with Crippen molar-refractivity contribution in [2.24, 2.45) is 39.9 Å². The lowest BCUT2D eigenvalue weighted by molar-refractivity contribution is -0.375. The van der Waals surface area contributed by atoms with E-state index in [0.29, 0.717) is 18.3 Å². The van der Waals surface area contributed by atoms with E-state index in [-0.39, 0.29) is 29.5 Å². The molecule has 0 aromatic carbocycles. The Kier molecular flexibility index (Phi) is 9.35. The Labute approximate surface area is 269 Å². The highest BCUT2D eigenvalue weighted by Gasteiger charge is 2.69. The van der Waals surface area contributed by atoms with Crippen molar-refractivity contribution < 1.29 is 64.6 Å². The van der Waals surface area contributed by atoms with Gasteiger partial charge in [-0.25, -0.2) is 0 Å². The van der Waals surface area contributed by atoms with E-state index in [0.717, 1.165) is 19.3 Å². The van der Waals surface area contributed by atoms with Gasteiger partial charge in [-0.05, 0) is 54.8 Å². The van der Waals surface area contributed by atoms with E-state index in [1.807, 2.05) is 13.8 Å². The number of fused-ring (bicyclic) bond motifs is 5. The second kappa shape index (κ2) is 12.4. The van der Waals surface area contributed by atoms with Gasteiger partial charge in [-0.2, -0.15) is 0 Å². The molecule has 6 aliphatic rings. The number of hydrogen-bond donors (Lipinski definition) is 8. The molecular formula is C33H52O13. The third-order valence-corrected chi connectivity index (χ3v) is 13.1. The largest absolute Gasteiger partial charge is 0.394 e. The zero-order valence-electron chi connectivity index (χ0n) is 27.0. The minimum Gasteiger partial charge on any atom is -0.394 e. The number of rotatable bonds is 6. The number of aliphatic hydroxyl groups excluding tert-OH is 8. The quantitative estimate of drug-likeness (QED) is 0.127. The molecule has 8 N–H and O–H groups in total. The van der Waals surface area contributed by atoms with Gasteiger partial charge in [0.1, 0.15) is 54.9 Å². The Morgan fingerprint density at radius 1 is 0.804 bits per heavy atom. The monoisotopic (exact) mass is 656 g/mol. The number of hydrogen-bond acceptors (Lipinski definition) is 13. The summed E-state index contributed by atoms with van der Waals surface area (Å²) in [6.45, 7) is 6.85. The van der Waals surface area contributed by atoms with Gasteiger partial charge in [-0.3, -0.25) is 4.79 Å². The predicted octanol–water partition coefficient (Wildman–Crippen LogP) is -1.01. The molecule has 46 heavy (non-hydrogen) atoms. The molecule has 1 unspecified atom stereocenters. The summed E-state index contributed by atoms with van der Waals surface area (Å²) in [5.74, 6) is 0.572. The summed E-state index contributed by atoms with van der Waals surface area (Å²) in [7, 11) is 0. The highest BCUT2D eigenvalue weighted by atomic mass is 16.8. The van der Waals surface area contributed by atoms with Crippen molar-refractivity contribution >= 4 is 5.78 Å². The summed E-state index contributed by atoms with van der Waals surface area (Å²) in [6, 6.07) is 0. The topological polar surface area (TPSA) is 216 Å². The van der Waals surface area contributed by atoms with Gasteiger partial charge in [0, 0.05) is 17.3 Å². The smallest absolute Gasteiger partial charge is 0.187 e. The number of Topliss-reactive ketones (excluding diaryl/α,β-unsaturated/α-hetero) is 1. The first-order valence-electron chi connectivity index (χ1n) is 16.7. The van der Waals surface area contributed by atoms with Crippen LogP contribution in [0.2, 0.25) is 0 Å². The fourth-order valence-corrected chi connectivity index (χ4v) is 10.7. The van der Waals surface area contributed by atoms with E-state index >= 15 is 0 Å². The van der Waals surface area contributed by atoms with Gasteiger partial charge in [0.05, 0.1) is 19.3 Å². The molecule has 18 atom stereocenters. The number of aliphatic hydroxyl groups is 8. The van der Waals surface area contributed by atoms with E-state index in [1.165, 1.54) is 0 Å². The summed E-state index contributed by atoms with van der Waals surface area (Å²) >= 11 is 0.